The molecule has 0 aliphatic carbocycles. The number of nitrogens with one attached hydrogen (secondary N) is 1. The Morgan fingerprint density at radius 2 is 2.10 bits per heavy atom. The minimum Gasteiger partial charge on any atom is -0.334 e. The number of halogens is 1. The normalized spacial score (nSPS) is 9.30. The summed E-state index contributed by atoms with van der Waals surface area (Å²) in [6.45, 7) is 2.10. The van der Waals surface area contributed by atoms with E-state index in [1.807, 2.05) is 12.1 Å². The van der Waals surface area contributed by atoms with Gasteiger partial charge in [-0.25, -0.2) is 0 Å². The lowest BCUT2D eigenvalue weighted by Crippen LogP contribution is -1.82. The molecule has 0 fully saturated rings. The van der Waals surface area contributed by atoms with E-state index in [2.05, 4.69) is 27.1 Å². The lowest BCUT2D eigenvalue weighted by atomic mass is 10.2. The number of anilines is 1. The van der Waals surface area contributed by atoms with Crippen molar-refractivity contribution in [3.63, 3.8) is 0 Å². The summed E-state index contributed by atoms with van der Waals surface area (Å²) < 4.78 is 7.10. The van der Waals surface area contributed by atoms with Crippen molar-refractivity contribution in [2.24, 2.45) is 0 Å². The maximum absolute atomic E-state index is 3.82. The van der Waals surface area contributed by atoms with Gasteiger partial charge in [0, 0.05) is 5.69 Å². The summed E-state index contributed by atoms with van der Waals surface area (Å²) in [7, 11) is 0. The van der Waals surface area contributed by atoms with Crippen LogP contribution in [0.25, 0.3) is 0 Å². The Kier molecular flexibility index (Phi) is 2.86. The van der Waals surface area contributed by atoms with E-state index in [1.54, 1.807) is 0 Å². The fourth-order valence-electron chi connectivity index (χ4n) is 0.751. The summed E-state index contributed by atoms with van der Waals surface area (Å²) in [6, 6.07) is 8.26. The van der Waals surface area contributed by atoms with E-state index in [-0.39, 0.29) is 21.0 Å². The Labute approximate surface area is 71.6 Å². The Morgan fingerprint density at radius 3 is 2.70 bits per heavy atom. The van der Waals surface area contributed by atoms with E-state index in [4.69, 9.17) is 0 Å². The van der Waals surface area contributed by atoms with Crippen LogP contribution < -0.4 is 3.53 Å². The van der Waals surface area contributed by atoms with Gasteiger partial charge in [-0.05, 0) is 44.1 Å². The van der Waals surface area contributed by atoms with E-state index >= 15 is 0 Å². The molecular weight excluding hydrogens is 237 g/mol. The zero-order valence-electron chi connectivity index (χ0n) is 5.89. The maximum Gasteiger partial charge on any atom is 0.0453 e. The van der Waals surface area contributed by atoms with Crippen molar-refractivity contribution in [3.8, 4) is 0 Å². The number of aryl methyl sites for hydroxylation is 1. The summed E-state index contributed by atoms with van der Waals surface area (Å²) in [4.78, 5) is 0. The smallest absolute Gasteiger partial charge is 0.0453 e. The highest BCUT2D eigenvalue weighted by atomic mass is 127. The van der Waals surface area contributed by atoms with Crippen molar-refractivity contribution in [1.82, 2.24) is 0 Å². The van der Waals surface area contributed by atoms with Crippen LogP contribution in [-0.4, -0.2) is 4.51 Å². The number of benzene rings is 1. The van der Waals surface area contributed by atoms with E-state index in [0.717, 1.165) is 0 Å². The van der Waals surface area contributed by atoms with Crippen LogP contribution >= 0.6 is 21.0 Å². The van der Waals surface area contributed by atoms with E-state index in [9.17, 15) is 0 Å². The largest absolute Gasteiger partial charge is 0.334 e. The van der Waals surface area contributed by atoms with Gasteiger partial charge in [0.2, 0.25) is 0 Å². The Balaban J connectivity index is 2.91. The Hall–Kier alpha value is -0.380. The second kappa shape index (κ2) is 3.71. The second-order valence-corrected chi connectivity index (χ2v) is 3.35. The van der Waals surface area contributed by atoms with Gasteiger partial charge >= 0.3 is 0 Å². The molecule has 1 nitrogen and oxygen atoms in total. The predicted octanol–water partition coefficient (Wildman–Crippen LogP) is 2.72. The average molecular weight is 247 g/mol. The van der Waals surface area contributed by atoms with Crippen molar-refractivity contribution >= 4 is 31.2 Å². The molecule has 1 N–H and O–H groups in total. The molecule has 0 saturated heterocycles. The maximum atomic E-state index is 3.82. The van der Waals surface area contributed by atoms with Crippen LogP contribution in [0.3, 0.4) is 0 Å². The molecule has 0 saturated carbocycles. The SMILES string of the molecule is C=INc1ccccc1C. The van der Waals surface area contributed by atoms with Crippen molar-refractivity contribution < 1.29 is 0 Å². The molecule has 0 amide bonds. The zero-order chi connectivity index (χ0) is 7.40. The van der Waals surface area contributed by atoms with Crippen LogP contribution in [0.1, 0.15) is 5.56 Å². The molecule has 54 valence electrons. The van der Waals surface area contributed by atoms with Gasteiger partial charge in [0.1, 0.15) is 0 Å². The molecular formula is C8H10IN. The van der Waals surface area contributed by atoms with Crippen LogP contribution in [0.15, 0.2) is 24.3 Å². The van der Waals surface area contributed by atoms with Gasteiger partial charge in [-0.15, -0.1) is 0 Å². The lowest BCUT2D eigenvalue weighted by Gasteiger charge is -2.01. The molecule has 0 spiro atoms. The van der Waals surface area contributed by atoms with Crippen LogP contribution in [-0.2, 0) is 0 Å². The number of para-hydroxylation sites is 1. The van der Waals surface area contributed by atoms with Gasteiger partial charge in [-0.1, -0.05) is 18.2 Å². The fraction of sp³-hybridized carbons (Fsp3) is 0.125. The highest BCUT2D eigenvalue weighted by Gasteiger charge is 1.90. The van der Waals surface area contributed by atoms with Crippen molar-refractivity contribution in [3.05, 3.63) is 29.8 Å². The van der Waals surface area contributed by atoms with Crippen molar-refractivity contribution in [2.45, 2.75) is 6.92 Å². The summed E-state index contributed by atoms with van der Waals surface area (Å²) >= 11 is -0.0880. The number of hydrogen-bond acceptors (Lipinski definition) is 1. The molecule has 1 rings (SSSR count). The predicted molar refractivity (Wildman–Crippen MR) is 55.9 cm³/mol. The van der Waals surface area contributed by atoms with E-state index < -0.39 is 0 Å². The van der Waals surface area contributed by atoms with Gasteiger partial charge in [0.05, 0.1) is 0 Å². The first kappa shape index (κ1) is 7.72. The standard InChI is InChI=1S/C8H10IN/c1-7-5-3-4-6-8(7)10-9-2/h3-6,10H,2H2,1H3. The Bertz CT molecular complexity index is 232. The lowest BCUT2D eigenvalue weighted by molar-refractivity contribution is 1.48. The topological polar surface area (TPSA) is 12.0 Å². The van der Waals surface area contributed by atoms with Crippen molar-refractivity contribution in [2.75, 3.05) is 3.53 Å². The van der Waals surface area contributed by atoms with Gasteiger partial charge < -0.3 is 3.53 Å². The zero-order valence-corrected chi connectivity index (χ0v) is 8.05. The summed E-state index contributed by atoms with van der Waals surface area (Å²) in [5.41, 5.74) is 2.52. The molecule has 0 bridgehead atoms. The monoisotopic (exact) mass is 247 g/mol. The molecule has 1 aromatic rings. The van der Waals surface area contributed by atoms with Gasteiger partial charge in [-0.2, -0.15) is 0 Å². The molecule has 0 aromatic heterocycles. The molecule has 0 heterocycles. The first-order chi connectivity index (χ1) is 4.84. The van der Waals surface area contributed by atoms with E-state index in [0.29, 0.717) is 0 Å². The fourth-order valence-corrected chi connectivity index (χ4v) is 1.77. The summed E-state index contributed by atoms with van der Waals surface area (Å²) in [5, 5.41) is 0. The molecule has 0 aliphatic rings. The third kappa shape index (κ3) is 1.80. The summed E-state index contributed by atoms with van der Waals surface area (Å²) in [6.07, 6.45) is 0. The third-order valence-corrected chi connectivity index (χ3v) is 2.28. The first-order valence-corrected chi connectivity index (χ1v) is 5.64. The summed E-state index contributed by atoms with van der Waals surface area (Å²) in [5.74, 6) is 0. The van der Waals surface area contributed by atoms with Crippen LogP contribution in [0.4, 0.5) is 5.69 Å². The van der Waals surface area contributed by atoms with Gasteiger partial charge in [-0.3, -0.25) is 0 Å². The van der Waals surface area contributed by atoms with Crippen LogP contribution in [0.5, 0.6) is 0 Å². The highest BCUT2D eigenvalue weighted by Crippen LogP contribution is 2.15. The second-order valence-electron chi connectivity index (χ2n) is 2.04. The number of hydrogen-bond donors (Lipinski definition) is 1. The van der Waals surface area contributed by atoms with E-state index in [1.165, 1.54) is 11.3 Å². The molecule has 0 aliphatic heterocycles. The average Bonchev–Trinajstić information content (AvgIpc) is 1.94. The van der Waals surface area contributed by atoms with Gasteiger partial charge in [0.15, 0.2) is 0 Å². The van der Waals surface area contributed by atoms with Gasteiger partial charge in [0.25, 0.3) is 0 Å². The Morgan fingerprint density at radius 1 is 1.40 bits per heavy atom. The first-order valence-electron chi connectivity index (χ1n) is 3.03. The molecule has 0 radical (unpaired) electrons. The molecule has 0 unspecified atom stereocenters. The molecule has 2 heteroatoms. The number of rotatable bonds is 2. The molecule has 1 aromatic carbocycles. The minimum atomic E-state index is -0.0880. The highest BCUT2D eigenvalue weighted by molar-refractivity contribution is 14.2. The quantitative estimate of drug-likeness (QED) is 0.625. The van der Waals surface area contributed by atoms with Crippen LogP contribution in [0, 0.1) is 6.92 Å². The third-order valence-electron chi connectivity index (χ3n) is 1.31. The molecule has 0 atom stereocenters. The van der Waals surface area contributed by atoms with Crippen LogP contribution in [0.2, 0.25) is 0 Å². The van der Waals surface area contributed by atoms with Crippen molar-refractivity contribution in [1.29, 1.82) is 0 Å². The minimum absolute atomic E-state index is 0.0880. The molecule has 10 heavy (non-hydrogen) atoms.